The van der Waals surface area contributed by atoms with Crippen LogP contribution in [0.4, 0.5) is 0 Å². The van der Waals surface area contributed by atoms with Gasteiger partial charge in [-0.05, 0) is 23.3 Å². The maximum atomic E-state index is 10.4. The number of nitrogens with zero attached hydrogens (tertiary/aromatic N) is 1. The van der Waals surface area contributed by atoms with Gasteiger partial charge in [-0.1, -0.05) is 18.2 Å². The Morgan fingerprint density at radius 3 is 3.00 bits per heavy atom. The summed E-state index contributed by atoms with van der Waals surface area (Å²) in [5, 5.41) is 11.4. The van der Waals surface area contributed by atoms with Crippen molar-refractivity contribution in [1.82, 2.24) is 10.3 Å². The summed E-state index contributed by atoms with van der Waals surface area (Å²) >= 11 is 0. The second kappa shape index (κ2) is 5.93. The zero-order valence-electron chi connectivity index (χ0n) is 9.76. The van der Waals surface area contributed by atoms with Crippen molar-refractivity contribution in [3.8, 4) is 11.1 Å². The van der Waals surface area contributed by atoms with Gasteiger partial charge in [0.1, 0.15) is 0 Å². The molecule has 0 aliphatic carbocycles. The van der Waals surface area contributed by atoms with E-state index in [-0.39, 0.29) is 6.54 Å². The summed E-state index contributed by atoms with van der Waals surface area (Å²) in [5.41, 5.74) is 3.09. The molecule has 4 heteroatoms. The molecule has 0 saturated carbocycles. The molecule has 1 aromatic heterocycles. The summed E-state index contributed by atoms with van der Waals surface area (Å²) in [6.07, 6.45) is 3.39. The lowest BCUT2D eigenvalue weighted by molar-refractivity contribution is -0.135. The van der Waals surface area contributed by atoms with Crippen LogP contribution in [0.25, 0.3) is 11.1 Å². The minimum absolute atomic E-state index is 0.0368. The van der Waals surface area contributed by atoms with Gasteiger partial charge in [-0.25, -0.2) is 0 Å². The summed E-state index contributed by atoms with van der Waals surface area (Å²) in [6, 6.07) is 12.7. The Kier molecular flexibility index (Phi) is 4.04. The average Bonchev–Trinajstić information content (AvgIpc) is 2.40. The molecule has 0 aliphatic rings. The fraction of sp³-hybridized carbons (Fsp3) is 0.143. The minimum atomic E-state index is -0.854. The molecular weight excluding hydrogens is 228 g/mol. The molecule has 2 aromatic rings. The first-order valence-corrected chi connectivity index (χ1v) is 5.58. The SMILES string of the molecule is O=C(O)CNCc1cccc(-c2c[c]cnc2)c1. The van der Waals surface area contributed by atoms with Gasteiger partial charge in [0.05, 0.1) is 6.54 Å². The van der Waals surface area contributed by atoms with Crippen LogP contribution in [0, 0.1) is 6.07 Å². The second-order valence-corrected chi connectivity index (χ2v) is 3.87. The number of carboxylic acid groups (broad SMARTS) is 1. The number of rotatable bonds is 5. The molecule has 2 N–H and O–H groups in total. The Bertz CT molecular complexity index is 526. The Balaban J connectivity index is 2.08. The van der Waals surface area contributed by atoms with Crippen LogP contribution < -0.4 is 5.32 Å². The third kappa shape index (κ3) is 3.40. The van der Waals surface area contributed by atoms with Crippen molar-refractivity contribution in [2.75, 3.05) is 6.54 Å². The first-order valence-electron chi connectivity index (χ1n) is 5.58. The van der Waals surface area contributed by atoms with Crippen LogP contribution >= 0.6 is 0 Å². The van der Waals surface area contributed by atoms with E-state index in [0.717, 1.165) is 16.7 Å². The quantitative estimate of drug-likeness (QED) is 0.836. The Morgan fingerprint density at radius 2 is 2.28 bits per heavy atom. The molecule has 91 valence electrons. The lowest BCUT2D eigenvalue weighted by Crippen LogP contribution is -2.21. The molecule has 0 fully saturated rings. The molecule has 0 atom stereocenters. The van der Waals surface area contributed by atoms with Crippen molar-refractivity contribution in [2.45, 2.75) is 6.54 Å². The van der Waals surface area contributed by atoms with Gasteiger partial charge in [0.15, 0.2) is 0 Å². The molecule has 1 heterocycles. The van der Waals surface area contributed by atoms with Gasteiger partial charge in [0.2, 0.25) is 0 Å². The van der Waals surface area contributed by atoms with E-state index >= 15 is 0 Å². The topological polar surface area (TPSA) is 62.2 Å². The molecule has 18 heavy (non-hydrogen) atoms. The number of carbonyl (C=O) groups is 1. The molecule has 1 aromatic carbocycles. The van der Waals surface area contributed by atoms with E-state index in [1.807, 2.05) is 30.3 Å². The van der Waals surface area contributed by atoms with Crippen molar-refractivity contribution in [2.24, 2.45) is 0 Å². The number of pyridine rings is 1. The molecule has 4 nitrogen and oxygen atoms in total. The van der Waals surface area contributed by atoms with Crippen molar-refractivity contribution < 1.29 is 9.90 Å². The molecule has 0 unspecified atom stereocenters. The number of hydrogen-bond donors (Lipinski definition) is 2. The van der Waals surface area contributed by atoms with E-state index in [2.05, 4.69) is 16.4 Å². The second-order valence-electron chi connectivity index (χ2n) is 3.87. The van der Waals surface area contributed by atoms with Crippen molar-refractivity contribution in [1.29, 1.82) is 0 Å². The Hall–Kier alpha value is -2.20. The largest absolute Gasteiger partial charge is 0.480 e. The van der Waals surface area contributed by atoms with E-state index in [1.165, 1.54) is 0 Å². The zero-order chi connectivity index (χ0) is 12.8. The van der Waals surface area contributed by atoms with E-state index in [9.17, 15) is 4.79 Å². The van der Waals surface area contributed by atoms with Gasteiger partial charge in [-0.3, -0.25) is 9.78 Å². The van der Waals surface area contributed by atoms with Crippen LogP contribution in [0.15, 0.2) is 42.7 Å². The number of benzene rings is 1. The van der Waals surface area contributed by atoms with Gasteiger partial charge in [0, 0.05) is 30.6 Å². The minimum Gasteiger partial charge on any atom is -0.480 e. The van der Waals surface area contributed by atoms with E-state index in [4.69, 9.17) is 5.11 Å². The highest BCUT2D eigenvalue weighted by atomic mass is 16.4. The van der Waals surface area contributed by atoms with Gasteiger partial charge in [-0.15, -0.1) is 0 Å². The molecular formula is C14H13N2O2. The van der Waals surface area contributed by atoms with Gasteiger partial charge < -0.3 is 10.4 Å². The fourth-order valence-corrected chi connectivity index (χ4v) is 1.66. The van der Waals surface area contributed by atoms with Crippen LogP contribution in [-0.4, -0.2) is 22.6 Å². The first kappa shape index (κ1) is 12.3. The summed E-state index contributed by atoms with van der Waals surface area (Å²) in [5.74, 6) is -0.854. The summed E-state index contributed by atoms with van der Waals surface area (Å²) < 4.78 is 0. The molecule has 2 rings (SSSR count). The van der Waals surface area contributed by atoms with Crippen molar-refractivity contribution >= 4 is 5.97 Å². The standard InChI is InChI=1S/C14H13N2O2/c17-14(18)10-16-8-11-3-1-4-12(7-11)13-5-2-6-15-9-13/h1,3-7,9,16H,8,10H2,(H,17,18). The highest BCUT2D eigenvalue weighted by Gasteiger charge is 2.00. The Morgan fingerprint density at radius 1 is 1.39 bits per heavy atom. The zero-order valence-corrected chi connectivity index (χ0v) is 9.76. The number of aromatic nitrogens is 1. The summed E-state index contributed by atoms with van der Waals surface area (Å²) in [7, 11) is 0. The number of hydrogen-bond acceptors (Lipinski definition) is 3. The van der Waals surface area contributed by atoms with Gasteiger partial charge in [-0.2, -0.15) is 0 Å². The third-order valence-electron chi connectivity index (χ3n) is 2.47. The van der Waals surface area contributed by atoms with Gasteiger partial charge in [0.25, 0.3) is 0 Å². The first-order chi connectivity index (χ1) is 8.75. The monoisotopic (exact) mass is 241 g/mol. The third-order valence-corrected chi connectivity index (χ3v) is 2.47. The molecule has 0 aliphatic heterocycles. The lowest BCUT2D eigenvalue weighted by Gasteiger charge is -2.05. The van der Waals surface area contributed by atoms with Gasteiger partial charge >= 0.3 is 5.97 Å². The highest BCUT2D eigenvalue weighted by molar-refractivity contribution is 5.69. The smallest absolute Gasteiger partial charge is 0.317 e. The molecule has 1 radical (unpaired) electrons. The number of carboxylic acids is 1. The number of aliphatic carboxylic acids is 1. The van der Waals surface area contributed by atoms with Crippen molar-refractivity contribution in [3.05, 3.63) is 54.4 Å². The molecule has 0 bridgehead atoms. The Labute approximate surface area is 105 Å². The van der Waals surface area contributed by atoms with Crippen LogP contribution in [0.2, 0.25) is 0 Å². The average molecular weight is 241 g/mol. The predicted molar refractivity (Wildman–Crippen MR) is 67.9 cm³/mol. The molecule has 0 saturated heterocycles. The lowest BCUT2D eigenvalue weighted by atomic mass is 10.0. The van der Waals surface area contributed by atoms with E-state index in [1.54, 1.807) is 12.4 Å². The highest BCUT2D eigenvalue weighted by Crippen LogP contribution is 2.18. The summed E-state index contributed by atoms with van der Waals surface area (Å²) in [6.45, 7) is 0.495. The van der Waals surface area contributed by atoms with Crippen LogP contribution in [-0.2, 0) is 11.3 Å². The maximum absolute atomic E-state index is 10.4. The predicted octanol–water partition coefficient (Wildman–Crippen LogP) is 1.72. The molecule has 0 amide bonds. The normalized spacial score (nSPS) is 10.2. The van der Waals surface area contributed by atoms with Crippen LogP contribution in [0.3, 0.4) is 0 Å². The van der Waals surface area contributed by atoms with Crippen LogP contribution in [0.1, 0.15) is 5.56 Å². The summed E-state index contributed by atoms with van der Waals surface area (Å²) in [4.78, 5) is 14.4. The van der Waals surface area contributed by atoms with Crippen LogP contribution in [0.5, 0.6) is 0 Å². The van der Waals surface area contributed by atoms with E-state index < -0.39 is 5.97 Å². The number of nitrogens with one attached hydrogen (secondary N) is 1. The fourth-order valence-electron chi connectivity index (χ4n) is 1.66. The molecule has 0 spiro atoms. The maximum Gasteiger partial charge on any atom is 0.317 e. The van der Waals surface area contributed by atoms with E-state index in [0.29, 0.717) is 6.54 Å². The van der Waals surface area contributed by atoms with Crippen molar-refractivity contribution in [3.63, 3.8) is 0 Å².